The molecule has 0 spiro atoms. The van der Waals surface area contributed by atoms with Gasteiger partial charge < -0.3 is 15.4 Å². The highest BCUT2D eigenvalue weighted by Gasteiger charge is 2.27. The summed E-state index contributed by atoms with van der Waals surface area (Å²) in [6, 6.07) is 10.8. The van der Waals surface area contributed by atoms with Crippen LogP contribution in [0.4, 0.5) is 11.4 Å². The molecule has 1 aliphatic heterocycles. The molecule has 2 amide bonds. The van der Waals surface area contributed by atoms with Gasteiger partial charge in [0.15, 0.2) is 6.10 Å². The molecule has 1 heterocycles. The first-order valence-electron chi connectivity index (χ1n) is 8.88. The number of nitrogens with one attached hydrogen (secondary N) is 3. The largest absolute Gasteiger partial charge is 0.479 e. The summed E-state index contributed by atoms with van der Waals surface area (Å²) >= 11 is 0. The predicted molar refractivity (Wildman–Crippen MR) is 103 cm³/mol. The van der Waals surface area contributed by atoms with Gasteiger partial charge in [0.2, 0.25) is 0 Å². The van der Waals surface area contributed by atoms with Gasteiger partial charge >= 0.3 is 0 Å². The standard InChI is InChI=1S/C19H19N3O5S/c1-11-18(23)21-16-10-13(8-9-17(16)27-11)28(25,26)22-15-5-3-2-4-14(15)19(24)20-12-6-7-12/h2-5,8-12,22H,6-7H2,1H3,(H,20,24)(H,21,23). The molecule has 2 aromatic rings. The van der Waals surface area contributed by atoms with E-state index in [-0.39, 0.29) is 39.7 Å². The third-order valence-corrected chi connectivity index (χ3v) is 5.88. The van der Waals surface area contributed by atoms with Crippen molar-refractivity contribution in [1.29, 1.82) is 0 Å². The van der Waals surface area contributed by atoms with Gasteiger partial charge in [0.05, 0.1) is 21.8 Å². The van der Waals surface area contributed by atoms with Crippen molar-refractivity contribution in [3.8, 4) is 5.75 Å². The summed E-state index contributed by atoms with van der Waals surface area (Å²) in [4.78, 5) is 24.1. The Hall–Kier alpha value is -3.07. The summed E-state index contributed by atoms with van der Waals surface area (Å²) in [5.41, 5.74) is 0.722. The van der Waals surface area contributed by atoms with Crippen LogP contribution in [0.3, 0.4) is 0 Å². The van der Waals surface area contributed by atoms with Gasteiger partial charge in [-0.2, -0.15) is 0 Å². The first-order chi connectivity index (χ1) is 13.3. The van der Waals surface area contributed by atoms with E-state index in [1.807, 2.05) is 0 Å². The number of amides is 2. The molecule has 3 N–H and O–H groups in total. The Bertz CT molecular complexity index is 1060. The fourth-order valence-electron chi connectivity index (χ4n) is 2.82. The highest BCUT2D eigenvalue weighted by atomic mass is 32.2. The van der Waals surface area contributed by atoms with Crippen LogP contribution in [-0.4, -0.2) is 32.4 Å². The Morgan fingerprint density at radius 2 is 1.93 bits per heavy atom. The van der Waals surface area contributed by atoms with Gasteiger partial charge in [-0.15, -0.1) is 0 Å². The van der Waals surface area contributed by atoms with Crippen LogP contribution in [-0.2, 0) is 14.8 Å². The lowest BCUT2D eigenvalue weighted by molar-refractivity contribution is -0.122. The number of hydrogen-bond donors (Lipinski definition) is 3. The van der Waals surface area contributed by atoms with Crippen LogP contribution >= 0.6 is 0 Å². The number of rotatable bonds is 5. The Kier molecular flexibility index (Phi) is 4.46. The van der Waals surface area contributed by atoms with E-state index in [2.05, 4.69) is 15.4 Å². The van der Waals surface area contributed by atoms with Crippen molar-refractivity contribution < 1.29 is 22.7 Å². The smallest absolute Gasteiger partial charge is 0.265 e. The molecule has 1 atom stereocenters. The van der Waals surface area contributed by atoms with Gasteiger partial charge in [-0.05, 0) is 50.1 Å². The van der Waals surface area contributed by atoms with Crippen molar-refractivity contribution >= 4 is 33.2 Å². The molecule has 0 saturated heterocycles. The number of hydrogen-bond acceptors (Lipinski definition) is 5. The predicted octanol–water partition coefficient (Wildman–Crippen LogP) is 2.10. The van der Waals surface area contributed by atoms with Crippen molar-refractivity contribution in [2.45, 2.75) is 36.8 Å². The topological polar surface area (TPSA) is 114 Å². The SMILES string of the molecule is CC1Oc2ccc(S(=O)(=O)Nc3ccccc3C(=O)NC3CC3)cc2NC1=O. The molecule has 4 rings (SSSR count). The molecule has 1 fully saturated rings. The molecule has 0 aromatic heterocycles. The zero-order valence-corrected chi connectivity index (χ0v) is 15.9. The van der Waals surface area contributed by atoms with Crippen molar-refractivity contribution in [2.24, 2.45) is 0 Å². The van der Waals surface area contributed by atoms with Crippen LogP contribution in [0, 0.1) is 0 Å². The van der Waals surface area contributed by atoms with Crippen LogP contribution in [0.1, 0.15) is 30.1 Å². The van der Waals surface area contributed by atoms with E-state index in [0.717, 1.165) is 12.8 Å². The molecule has 0 radical (unpaired) electrons. The molecule has 146 valence electrons. The minimum atomic E-state index is -3.98. The molecule has 28 heavy (non-hydrogen) atoms. The number of fused-ring (bicyclic) bond motifs is 1. The molecule has 1 unspecified atom stereocenters. The van der Waals surface area contributed by atoms with E-state index in [0.29, 0.717) is 5.75 Å². The van der Waals surface area contributed by atoms with Gasteiger partial charge in [0.1, 0.15) is 5.75 Å². The maximum Gasteiger partial charge on any atom is 0.265 e. The van der Waals surface area contributed by atoms with Crippen LogP contribution < -0.4 is 20.1 Å². The highest BCUT2D eigenvalue weighted by Crippen LogP contribution is 2.32. The van der Waals surface area contributed by atoms with Crippen LogP contribution in [0.2, 0.25) is 0 Å². The lowest BCUT2D eigenvalue weighted by Crippen LogP contribution is -2.34. The normalized spacial score (nSPS) is 18.5. The van der Waals surface area contributed by atoms with Gasteiger partial charge in [-0.25, -0.2) is 8.42 Å². The van der Waals surface area contributed by atoms with E-state index in [1.165, 1.54) is 24.3 Å². The molecular formula is C19H19N3O5S. The third-order valence-electron chi connectivity index (χ3n) is 4.52. The molecule has 2 aromatic carbocycles. The second kappa shape index (κ2) is 6.83. The summed E-state index contributed by atoms with van der Waals surface area (Å²) in [5, 5.41) is 5.47. The second-order valence-corrected chi connectivity index (χ2v) is 8.49. The monoisotopic (exact) mass is 401 g/mol. The fraction of sp³-hybridized carbons (Fsp3) is 0.263. The number of para-hydroxylation sites is 1. The summed E-state index contributed by atoms with van der Waals surface area (Å²) in [6.07, 6.45) is 1.22. The van der Waals surface area contributed by atoms with Crippen LogP contribution in [0.25, 0.3) is 0 Å². The zero-order valence-electron chi connectivity index (χ0n) is 15.1. The average Bonchev–Trinajstić information content (AvgIpc) is 3.46. The summed E-state index contributed by atoms with van der Waals surface area (Å²) < 4.78 is 33.6. The maximum atomic E-state index is 12.8. The minimum absolute atomic E-state index is 0.0536. The maximum absolute atomic E-state index is 12.8. The molecule has 1 saturated carbocycles. The molecule has 0 bridgehead atoms. The Morgan fingerprint density at radius 3 is 2.68 bits per heavy atom. The van der Waals surface area contributed by atoms with E-state index in [4.69, 9.17) is 4.74 Å². The average molecular weight is 401 g/mol. The summed E-state index contributed by atoms with van der Waals surface area (Å²) in [7, 11) is -3.98. The Labute approximate surface area is 162 Å². The summed E-state index contributed by atoms with van der Waals surface area (Å²) in [6.45, 7) is 1.61. The van der Waals surface area contributed by atoms with E-state index < -0.39 is 16.1 Å². The van der Waals surface area contributed by atoms with E-state index >= 15 is 0 Å². The van der Waals surface area contributed by atoms with Crippen molar-refractivity contribution in [3.63, 3.8) is 0 Å². The molecular weight excluding hydrogens is 382 g/mol. The van der Waals surface area contributed by atoms with Gasteiger partial charge in [-0.1, -0.05) is 12.1 Å². The quantitative estimate of drug-likeness (QED) is 0.710. The Morgan fingerprint density at radius 1 is 1.18 bits per heavy atom. The molecule has 2 aliphatic rings. The number of carbonyl (C=O) groups excluding carboxylic acids is 2. The number of anilines is 2. The second-order valence-electron chi connectivity index (χ2n) is 6.81. The lowest BCUT2D eigenvalue weighted by atomic mass is 10.1. The number of benzene rings is 2. The molecule has 9 heteroatoms. The number of sulfonamides is 1. The highest BCUT2D eigenvalue weighted by molar-refractivity contribution is 7.92. The van der Waals surface area contributed by atoms with Crippen LogP contribution in [0.15, 0.2) is 47.4 Å². The summed E-state index contributed by atoms with van der Waals surface area (Å²) in [5.74, 6) is -0.270. The first-order valence-corrected chi connectivity index (χ1v) is 10.4. The van der Waals surface area contributed by atoms with Gasteiger partial charge in [-0.3, -0.25) is 14.3 Å². The van der Waals surface area contributed by atoms with Crippen LogP contribution in [0.5, 0.6) is 5.75 Å². The number of carbonyl (C=O) groups is 2. The molecule has 8 nitrogen and oxygen atoms in total. The molecule has 1 aliphatic carbocycles. The van der Waals surface area contributed by atoms with E-state index in [9.17, 15) is 18.0 Å². The fourth-order valence-corrected chi connectivity index (χ4v) is 3.93. The van der Waals surface area contributed by atoms with E-state index in [1.54, 1.807) is 25.1 Å². The minimum Gasteiger partial charge on any atom is -0.479 e. The van der Waals surface area contributed by atoms with Gasteiger partial charge in [0, 0.05) is 6.04 Å². The van der Waals surface area contributed by atoms with Crippen molar-refractivity contribution in [3.05, 3.63) is 48.0 Å². The first kappa shape index (κ1) is 18.3. The Balaban J connectivity index is 1.61. The van der Waals surface area contributed by atoms with Gasteiger partial charge in [0.25, 0.3) is 21.8 Å². The lowest BCUT2D eigenvalue weighted by Gasteiger charge is -2.23. The number of ether oxygens (including phenoxy) is 1. The third kappa shape index (κ3) is 3.65. The van der Waals surface area contributed by atoms with Crippen molar-refractivity contribution in [2.75, 3.05) is 10.0 Å². The zero-order chi connectivity index (χ0) is 19.9. The van der Waals surface area contributed by atoms with Crippen molar-refractivity contribution in [1.82, 2.24) is 5.32 Å².